The predicted molar refractivity (Wildman–Crippen MR) is 87.9 cm³/mol. The molecule has 1 atom stereocenters. The van der Waals surface area contributed by atoms with Crippen molar-refractivity contribution in [2.24, 2.45) is 15.9 Å². The van der Waals surface area contributed by atoms with Crippen LogP contribution in [0.15, 0.2) is 58.7 Å². The van der Waals surface area contributed by atoms with Crippen LogP contribution < -0.4 is 5.73 Å². The molecule has 0 spiro atoms. The van der Waals surface area contributed by atoms with Crippen LogP contribution in [0.25, 0.3) is 0 Å². The van der Waals surface area contributed by atoms with Gasteiger partial charge in [0.05, 0.1) is 5.71 Å². The Labute approximate surface area is 125 Å². The van der Waals surface area contributed by atoms with Crippen LogP contribution in [0.2, 0.25) is 0 Å². The van der Waals surface area contributed by atoms with Crippen molar-refractivity contribution in [3.8, 4) is 0 Å². The largest absolute Gasteiger partial charge is 0.386 e. The van der Waals surface area contributed by atoms with Crippen molar-refractivity contribution in [3.63, 3.8) is 0 Å². The molecule has 3 heteroatoms. The lowest BCUT2D eigenvalue weighted by Crippen LogP contribution is -2.26. The van der Waals surface area contributed by atoms with Crippen molar-refractivity contribution in [1.82, 2.24) is 0 Å². The highest BCUT2D eigenvalue weighted by molar-refractivity contribution is 6.10. The van der Waals surface area contributed by atoms with Crippen LogP contribution in [0, 0.1) is 13.8 Å². The monoisotopic (exact) mass is 277 g/mol. The second kappa shape index (κ2) is 5.52. The van der Waals surface area contributed by atoms with Crippen LogP contribution in [0.4, 0.5) is 0 Å². The molecule has 2 N–H and O–H groups in total. The van der Waals surface area contributed by atoms with E-state index in [0.29, 0.717) is 5.84 Å². The number of amidine groups is 1. The van der Waals surface area contributed by atoms with Crippen LogP contribution in [0.1, 0.15) is 34.6 Å². The Balaban J connectivity index is 2.13. The van der Waals surface area contributed by atoms with Gasteiger partial charge in [-0.25, -0.2) is 0 Å². The van der Waals surface area contributed by atoms with Crippen molar-refractivity contribution in [3.05, 3.63) is 70.8 Å². The molecule has 3 rings (SSSR count). The average molecular weight is 277 g/mol. The molecule has 1 aliphatic heterocycles. The number of nitrogens with two attached hydrogens (primary N) is 1. The molecule has 2 aromatic carbocycles. The molecule has 3 nitrogen and oxygen atoms in total. The Hall–Kier alpha value is -2.42. The third-order valence-corrected chi connectivity index (χ3v) is 3.97. The van der Waals surface area contributed by atoms with E-state index < -0.39 is 0 Å². The molecule has 106 valence electrons. The van der Waals surface area contributed by atoms with Gasteiger partial charge in [-0.2, -0.15) is 5.10 Å². The van der Waals surface area contributed by atoms with Crippen LogP contribution >= 0.6 is 0 Å². The fourth-order valence-electron chi connectivity index (χ4n) is 2.94. The quantitative estimate of drug-likeness (QED) is 0.896. The van der Waals surface area contributed by atoms with Crippen molar-refractivity contribution in [2.45, 2.75) is 26.2 Å². The number of hydrogen-bond donors (Lipinski definition) is 1. The zero-order valence-corrected chi connectivity index (χ0v) is 12.4. The van der Waals surface area contributed by atoms with E-state index in [-0.39, 0.29) is 5.92 Å². The maximum atomic E-state index is 5.92. The third kappa shape index (κ3) is 2.59. The molecule has 0 saturated carbocycles. The van der Waals surface area contributed by atoms with Gasteiger partial charge in [-0.3, -0.25) is 0 Å². The van der Waals surface area contributed by atoms with Gasteiger partial charge in [-0.15, -0.1) is 5.10 Å². The van der Waals surface area contributed by atoms with Gasteiger partial charge >= 0.3 is 0 Å². The van der Waals surface area contributed by atoms with E-state index in [1.807, 2.05) is 6.07 Å². The van der Waals surface area contributed by atoms with E-state index in [1.54, 1.807) is 0 Å². The van der Waals surface area contributed by atoms with Gasteiger partial charge in [-0.1, -0.05) is 48.5 Å². The van der Waals surface area contributed by atoms with E-state index in [2.05, 4.69) is 66.5 Å². The van der Waals surface area contributed by atoms with E-state index >= 15 is 0 Å². The minimum Gasteiger partial charge on any atom is -0.386 e. The Morgan fingerprint density at radius 3 is 2.24 bits per heavy atom. The molecule has 0 bridgehead atoms. The second-order valence-electron chi connectivity index (χ2n) is 5.51. The molecule has 0 fully saturated rings. The van der Waals surface area contributed by atoms with Crippen LogP contribution in [0.5, 0.6) is 0 Å². The highest BCUT2D eigenvalue weighted by Crippen LogP contribution is 2.30. The van der Waals surface area contributed by atoms with Crippen LogP contribution in [-0.2, 0) is 0 Å². The second-order valence-corrected chi connectivity index (χ2v) is 5.51. The maximum absolute atomic E-state index is 5.92. The molecule has 1 heterocycles. The molecule has 0 aliphatic carbocycles. The SMILES string of the molecule is Cc1cccc(C)c1C1=NN=C(N)CC1c1ccccc1. The average Bonchev–Trinajstić information content (AvgIpc) is 2.49. The van der Waals surface area contributed by atoms with Gasteiger partial charge in [0.2, 0.25) is 0 Å². The summed E-state index contributed by atoms with van der Waals surface area (Å²) in [7, 11) is 0. The summed E-state index contributed by atoms with van der Waals surface area (Å²) in [5.41, 5.74) is 11.8. The van der Waals surface area contributed by atoms with E-state index in [0.717, 1.165) is 12.1 Å². The number of rotatable bonds is 2. The van der Waals surface area contributed by atoms with Crippen molar-refractivity contribution in [2.75, 3.05) is 0 Å². The van der Waals surface area contributed by atoms with Gasteiger partial charge in [0.25, 0.3) is 0 Å². The first kappa shape index (κ1) is 13.6. The summed E-state index contributed by atoms with van der Waals surface area (Å²) in [4.78, 5) is 0. The summed E-state index contributed by atoms with van der Waals surface area (Å²) in [5.74, 6) is 0.766. The van der Waals surface area contributed by atoms with Gasteiger partial charge < -0.3 is 5.73 Å². The predicted octanol–water partition coefficient (Wildman–Crippen LogP) is 3.55. The molecule has 0 saturated heterocycles. The first-order valence-electron chi connectivity index (χ1n) is 7.18. The molecular weight excluding hydrogens is 258 g/mol. The van der Waals surface area contributed by atoms with Crippen LogP contribution in [-0.4, -0.2) is 11.5 Å². The maximum Gasteiger partial charge on any atom is 0.123 e. The minimum atomic E-state index is 0.170. The number of hydrogen-bond acceptors (Lipinski definition) is 3. The highest BCUT2D eigenvalue weighted by atomic mass is 15.2. The van der Waals surface area contributed by atoms with Gasteiger partial charge in [0.15, 0.2) is 0 Å². The summed E-state index contributed by atoms with van der Waals surface area (Å²) in [6.45, 7) is 4.24. The Morgan fingerprint density at radius 1 is 0.905 bits per heavy atom. The topological polar surface area (TPSA) is 50.7 Å². The standard InChI is InChI=1S/C18H19N3/c1-12-7-6-8-13(2)17(12)18-15(11-16(19)20-21-18)14-9-4-3-5-10-14/h3-10,15H,11H2,1-2H3,(H2,19,20). The van der Waals surface area contributed by atoms with Crippen LogP contribution in [0.3, 0.4) is 0 Å². The fraction of sp³-hybridized carbons (Fsp3) is 0.222. The summed E-state index contributed by atoms with van der Waals surface area (Å²) in [6.07, 6.45) is 0.719. The van der Waals surface area contributed by atoms with Gasteiger partial charge in [0.1, 0.15) is 5.84 Å². The van der Waals surface area contributed by atoms with Gasteiger partial charge in [-0.05, 0) is 30.5 Å². The molecule has 0 amide bonds. The number of nitrogens with zero attached hydrogens (tertiary/aromatic N) is 2. The lowest BCUT2D eigenvalue weighted by molar-refractivity contribution is 0.884. The van der Waals surface area contributed by atoms with Crippen molar-refractivity contribution < 1.29 is 0 Å². The number of aryl methyl sites for hydroxylation is 2. The summed E-state index contributed by atoms with van der Waals surface area (Å²) < 4.78 is 0. The highest BCUT2D eigenvalue weighted by Gasteiger charge is 2.26. The normalized spacial score (nSPS) is 18.1. The van der Waals surface area contributed by atoms with E-state index in [1.165, 1.54) is 22.3 Å². The molecule has 1 aliphatic rings. The first-order chi connectivity index (χ1) is 10.2. The fourth-order valence-corrected chi connectivity index (χ4v) is 2.94. The molecule has 2 aromatic rings. The van der Waals surface area contributed by atoms with Crippen molar-refractivity contribution in [1.29, 1.82) is 0 Å². The lowest BCUT2D eigenvalue weighted by atomic mass is 9.83. The minimum absolute atomic E-state index is 0.170. The zero-order chi connectivity index (χ0) is 14.8. The van der Waals surface area contributed by atoms with Crippen molar-refractivity contribution >= 4 is 11.5 Å². The van der Waals surface area contributed by atoms with Gasteiger partial charge in [0, 0.05) is 17.9 Å². The first-order valence-corrected chi connectivity index (χ1v) is 7.18. The molecule has 1 unspecified atom stereocenters. The summed E-state index contributed by atoms with van der Waals surface area (Å²) in [5, 5.41) is 8.57. The molecular formula is C18H19N3. The van der Waals surface area contributed by atoms with E-state index in [4.69, 9.17) is 5.73 Å². The Kier molecular flexibility index (Phi) is 3.57. The third-order valence-electron chi connectivity index (χ3n) is 3.97. The molecule has 0 radical (unpaired) electrons. The summed E-state index contributed by atoms with van der Waals surface area (Å²) >= 11 is 0. The Bertz CT molecular complexity index is 694. The smallest absolute Gasteiger partial charge is 0.123 e. The summed E-state index contributed by atoms with van der Waals surface area (Å²) in [6, 6.07) is 16.7. The lowest BCUT2D eigenvalue weighted by Gasteiger charge is -2.24. The number of benzene rings is 2. The van der Waals surface area contributed by atoms with E-state index in [9.17, 15) is 0 Å². The molecule has 0 aromatic heterocycles. The zero-order valence-electron chi connectivity index (χ0n) is 12.4. The Morgan fingerprint density at radius 2 is 1.57 bits per heavy atom. The molecule has 21 heavy (non-hydrogen) atoms.